The number of aliphatic hydroxyl groups excluding tert-OH is 1. The van der Waals surface area contributed by atoms with E-state index in [9.17, 15) is 24.3 Å². The monoisotopic (exact) mass is 445 g/mol. The molecule has 4 aliphatic rings. The van der Waals surface area contributed by atoms with Gasteiger partial charge in [-0.3, -0.25) is 14.4 Å². The van der Waals surface area contributed by atoms with E-state index in [4.69, 9.17) is 19.9 Å². The molecule has 1 aliphatic heterocycles. The number of fused-ring (bicyclic) bond motifs is 4. The summed E-state index contributed by atoms with van der Waals surface area (Å²) >= 11 is 0. The quantitative estimate of drug-likeness (QED) is 0.487. The van der Waals surface area contributed by atoms with E-state index in [-0.39, 0.29) is 42.0 Å². The SMILES string of the molecule is COC[C@@H]1OC(=O)/C(=C\N)C2=C(O)C(=O)C3=C([C@@H](OC(C)=O)C[C@@]4(C)C(=O)CC[C@H]34)[C@@]21C. The van der Waals surface area contributed by atoms with Gasteiger partial charge < -0.3 is 25.1 Å². The molecule has 5 atom stereocenters. The van der Waals surface area contributed by atoms with Crippen LogP contribution in [0.3, 0.4) is 0 Å². The molecule has 4 rings (SSSR count). The van der Waals surface area contributed by atoms with Gasteiger partial charge in [0.2, 0.25) is 5.78 Å². The van der Waals surface area contributed by atoms with Gasteiger partial charge in [0.05, 0.1) is 17.6 Å². The maximum atomic E-state index is 13.5. The number of ketones is 2. The predicted octanol–water partition coefficient (Wildman–Crippen LogP) is 1.42. The van der Waals surface area contributed by atoms with Crippen LogP contribution in [0.25, 0.3) is 0 Å². The molecule has 0 spiro atoms. The number of carbonyl (C=O) groups excluding carboxylic acids is 4. The Hall–Kier alpha value is -2.94. The Morgan fingerprint density at radius 3 is 2.59 bits per heavy atom. The summed E-state index contributed by atoms with van der Waals surface area (Å²) in [5.41, 5.74) is 4.14. The summed E-state index contributed by atoms with van der Waals surface area (Å²) in [6.07, 6.45) is 0.0922. The molecule has 0 unspecified atom stereocenters. The zero-order valence-corrected chi connectivity index (χ0v) is 18.5. The van der Waals surface area contributed by atoms with E-state index < -0.39 is 52.4 Å². The first kappa shape index (κ1) is 22.3. The fourth-order valence-electron chi connectivity index (χ4n) is 6.12. The highest BCUT2D eigenvalue weighted by Gasteiger charge is 2.64. The summed E-state index contributed by atoms with van der Waals surface area (Å²) in [6.45, 7) is 4.72. The molecule has 0 bridgehead atoms. The van der Waals surface area contributed by atoms with Crippen LogP contribution in [0.15, 0.2) is 34.3 Å². The Morgan fingerprint density at radius 1 is 1.31 bits per heavy atom. The zero-order valence-electron chi connectivity index (χ0n) is 18.5. The number of Topliss-reactive ketones (excluding diaryl/α,β-unsaturated/α-hetero) is 2. The first-order chi connectivity index (χ1) is 15.0. The molecule has 3 aliphatic carbocycles. The molecule has 1 heterocycles. The molecular formula is C23H27NO8. The van der Waals surface area contributed by atoms with Gasteiger partial charge in [0.15, 0.2) is 5.76 Å². The van der Waals surface area contributed by atoms with Crippen LogP contribution in [-0.2, 0) is 33.4 Å². The van der Waals surface area contributed by atoms with Crippen LogP contribution in [0.2, 0.25) is 0 Å². The Morgan fingerprint density at radius 2 is 2.00 bits per heavy atom. The number of methoxy groups -OCH3 is 1. The van der Waals surface area contributed by atoms with Crippen LogP contribution in [0.5, 0.6) is 0 Å². The van der Waals surface area contributed by atoms with Gasteiger partial charge in [-0.1, -0.05) is 6.92 Å². The average molecular weight is 445 g/mol. The van der Waals surface area contributed by atoms with Crippen molar-refractivity contribution in [1.82, 2.24) is 0 Å². The van der Waals surface area contributed by atoms with Crippen molar-refractivity contribution in [2.75, 3.05) is 13.7 Å². The van der Waals surface area contributed by atoms with Gasteiger partial charge in [0.1, 0.15) is 18.0 Å². The zero-order chi connectivity index (χ0) is 23.6. The summed E-state index contributed by atoms with van der Waals surface area (Å²) in [5.74, 6) is -3.10. The van der Waals surface area contributed by atoms with E-state index >= 15 is 0 Å². The fourth-order valence-corrected chi connectivity index (χ4v) is 6.12. The van der Waals surface area contributed by atoms with Gasteiger partial charge >= 0.3 is 11.9 Å². The highest BCUT2D eigenvalue weighted by Crippen LogP contribution is 2.62. The lowest BCUT2D eigenvalue weighted by Gasteiger charge is -2.53. The molecule has 9 nitrogen and oxygen atoms in total. The number of aliphatic hydroxyl groups is 1. The van der Waals surface area contributed by atoms with Crippen LogP contribution in [0.4, 0.5) is 0 Å². The highest BCUT2D eigenvalue weighted by atomic mass is 16.6. The third-order valence-electron chi connectivity index (χ3n) is 7.59. The van der Waals surface area contributed by atoms with Crippen LogP contribution in [0.1, 0.15) is 40.0 Å². The molecule has 172 valence electrons. The van der Waals surface area contributed by atoms with Crippen molar-refractivity contribution in [2.24, 2.45) is 22.5 Å². The second-order valence-corrected chi connectivity index (χ2v) is 9.25. The Kier molecular flexibility index (Phi) is 5.08. The van der Waals surface area contributed by atoms with Crippen molar-refractivity contribution < 1.29 is 38.5 Å². The van der Waals surface area contributed by atoms with Gasteiger partial charge in [-0.15, -0.1) is 0 Å². The van der Waals surface area contributed by atoms with Crippen molar-refractivity contribution in [3.05, 3.63) is 34.3 Å². The van der Waals surface area contributed by atoms with Crippen LogP contribution in [0, 0.1) is 16.7 Å². The van der Waals surface area contributed by atoms with E-state index in [0.29, 0.717) is 12.0 Å². The molecule has 32 heavy (non-hydrogen) atoms. The number of allylic oxidation sites excluding steroid dienone is 1. The minimum atomic E-state index is -1.25. The van der Waals surface area contributed by atoms with E-state index in [1.54, 1.807) is 13.8 Å². The molecule has 1 saturated carbocycles. The summed E-state index contributed by atoms with van der Waals surface area (Å²) < 4.78 is 16.6. The first-order valence-electron chi connectivity index (χ1n) is 10.6. The number of esters is 2. The second kappa shape index (κ2) is 7.30. The van der Waals surface area contributed by atoms with Crippen LogP contribution in [-0.4, -0.2) is 54.5 Å². The molecule has 2 fully saturated rings. The van der Waals surface area contributed by atoms with Crippen molar-refractivity contribution >= 4 is 23.5 Å². The molecular weight excluding hydrogens is 418 g/mol. The van der Waals surface area contributed by atoms with Crippen molar-refractivity contribution in [2.45, 2.75) is 52.2 Å². The molecule has 0 aromatic rings. The maximum Gasteiger partial charge on any atom is 0.340 e. The summed E-state index contributed by atoms with van der Waals surface area (Å²) in [6, 6.07) is 0. The van der Waals surface area contributed by atoms with E-state index in [2.05, 4.69) is 0 Å². The smallest absolute Gasteiger partial charge is 0.340 e. The second-order valence-electron chi connectivity index (χ2n) is 9.25. The Balaban J connectivity index is 2.04. The highest BCUT2D eigenvalue weighted by molar-refractivity contribution is 6.14. The minimum Gasteiger partial charge on any atom is -0.504 e. The standard InChI is InChI=1S/C23H27NO8/c1-10(25)31-13-7-22(2)12(5-6-14(22)26)16-18(13)23(3)15(9-30-4)32-21(29)11(8-24)17(23)20(28)19(16)27/h8,12-13,15,28H,5-7,9,24H2,1-4H3/b11-8-/t12-,13+,15+,22-,23-/m1/s1. The molecule has 0 radical (unpaired) electrons. The molecule has 0 aromatic heterocycles. The summed E-state index contributed by atoms with van der Waals surface area (Å²) in [4.78, 5) is 51.0. The number of hydrogen-bond acceptors (Lipinski definition) is 9. The number of ether oxygens (including phenoxy) is 3. The van der Waals surface area contributed by atoms with Gasteiger partial charge in [0, 0.05) is 55.6 Å². The fraction of sp³-hybridized carbons (Fsp3) is 0.565. The van der Waals surface area contributed by atoms with Gasteiger partial charge in [-0.25, -0.2) is 4.79 Å². The topological polar surface area (TPSA) is 142 Å². The Labute approximate surface area is 185 Å². The van der Waals surface area contributed by atoms with Crippen molar-refractivity contribution in [3.8, 4) is 0 Å². The largest absolute Gasteiger partial charge is 0.504 e. The molecule has 0 amide bonds. The third-order valence-corrected chi connectivity index (χ3v) is 7.59. The van der Waals surface area contributed by atoms with Crippen LogP contribution >= 0.6 is 0 Å². The normalized spacial score (nSPS) is 37.8. The van der Waals surface area contributed by atoms with Crippen molar-refractivity contribution in [1.29, 1.82) is 0 Å². The lowest BCUT2D eigenvalue weighted by Crippen LogP contribution is -2.57. The van der Waals surface area contributed by atoms with Gasteiger partial charge in [-0.05, 0) is 18.9 Å². The number of cyclic esters (lactones) is 1. The third kappa shape index (κ3) is 2.73. The summed E-state index contributed by atoms with van der Waals surface area (Å²) in [5, 5.41) is 11.1. The lowest BCUT2D eigenvalue weighted by molar-refractivity contribution is -0.160. The number of hydrogen-bond donors (Lipinski definition) is 2. The number of carbonyl (C=O) groups is 4. The van der Waals surface area contributed by atoms with Crippen LogP contribution < -0.4 is 5.73 Å². The van der Waals surface area contributed by atoms with E-state index in [1.807, 2.05) is 0 Å². The number of rotatable bonds is 3. The average Bonchev–Trinajstić information content (AvgIpc) is 3.01. The first-order valence-corrected chi connectivity index (χ1v) is 10.6. The summed E-state index contributed by atoms with van der Waals surface area (Å²) in [7, 11) is 1.44. The maximum absolute atomic E-state index is 13.5. The number of nitrogens with two attached hydrogens (primary N) is 1. The lowest BCUT2D eigenvalue weighted by atomic mass is 9.53. The van der Waals surface area contributed by atoms with E-state index in [0.717, 1.165) is 6.20 Å². The molecule has 3 N–H and O–H groups in total. The van der Waals surface area contributed by atoms with Gasteiger partial charge in [0.25, 0.3) is 0 Å². The predicted molar refractivity (Wildman–Crippen MR) is 110 cm³/mol. The van der Waals surface area contributed by atoms with Gasteiger partial charge in [-0.2, -0.15) is 0 Å². The molecule has 9 heteroatoms. The minimum absolute atomic E-state index is 0.00974. The molecule has 0 aromatic carbocycles. The van der Waals surface area contributed by atoms with E-state index in [1.165, 1.54) is 14.0 Å². The van der Waals surface area contributed by atoms with Crippen molar-refractivity contribution in [3.63, 3.8) is 0 Å². The Bertz CT molecular complexity index is 1040. The molecule has 1 saturated heterocycles.